The normalized spacial score (nSPS) is 11.2. The maximum absolute atomic E-state index is 2.53. The van der Waals surface area contributed by atoms with Crippen molar-refractivity contribution in [3.63, 3.8) is 0 Å². The van der Waals surface area contributed by atoms with Gasteiger partial charge in [-0.05, 0) is 228 Å². The van der Waals surface area contributed by atoms with Gasteiger partial charge in [-0.2, -0.15) is 0 Å². The van der Waals surface area contributed by atoms with E-state index in [4.69, 9.17) is 0 Å². The maximum Gasteiger partial charge on any atom is 0.0464 e. The number of anilines is 6. The Labute approximate surface area is 508 Å². The Morgan fingerprint density at radius 2 is 0.541 bits per heavy atom. The van der Waals surface area contributed by atoms with E-state index in [1.54, 1.807) is 0 Å². The van der Waals surface area contributed by atoms with Crippen molar-refractivity contribution in [1.82, 2.24) is 0 Å². The van der Waals surface area contributed by atoms with Gasteiger partial charge < -0.3 is 9.80 Å². The van der Waals surface area contributed by atoms with Gasteiger partial charge in [0.05, 0.1) is 0 Å². The second kappa shape index (κ2) is 27.2. The molecule has 2 heteroatoms. The van der Waals surface area contributed by atoms with E-state index in [1.165, 1.54) is 150 Å². The second-order valence-electron chi connectivity index (χ2n) is 23.6. The SMILES string of the molecule is CCCCCCc1cc(-c2ccc(N(c3ccc(-c4ccc(C)cc4)cc3)c3ccc(-c4ccccc4)c(C)c3)cc2C)ccc1-c1ccc(N(c2ccc(-c3ccc(C)cc3)cc2)c2ccc(-c3ccccc3)c(C)c2)cc1CCCCCC. The summed E-state index contributed by atoms with van der Waals surface area (Å²) in [4.78, 5) is 4.90. The zero-order chi connectivity index (χ0) is 58.7. The van der Waals surface area contributed by atoms with Crippen LogP contribution in [0.1, 0.15) is 104 Å². The van der Waals surface area contributed by atoms with Gasteiger partial charge >= 0.3 is 0 Å². The Morgan fingerprint density at radius 3 is 0.918 bits per heavy atom. The van der Waals surface area contributed by atoms with Crippen molar-refractivity contribution in [2.24, 2.45) is 0 Å². The largest absolute Gasteiger partial charge is 0.310 e. The standard InChI is InChI=1S/C83H82N2/c1-8-10-12-16-26-70-57-72(81-52-47-76(56-63(81)7)84(73-41-36-66(37-42-73)64-32-28-59(3)29-33-64)75-45-50-79(61(5)54-75)68-22-18-14-19-23-68)40-49-82(70)83-53-48-78(58-71(83)27-17-13-11-9-2)85(74-43-38-67(39-44-74)65-34-30-60(4)31-35-65)77-46-51-80(62(6)55-77)69-24-20-15-21-25-69/h14-15,18-25,28-58H,8-13,16-17,26-27H2,1-7H3. The van der Waals surface area contributed by atoms with Gasteiger partial charge in [0.1, 0.15) is 0 Å². The fraction of sp³-hybridized carbons (Fsp3) is 0.205. The molecule has 0 amide bonds. The molecule has 85 heavy (non-hydrogen) atoms. The highest BCUT2D eigenvalue weighted by molar-refractivity contribution is 5.86. The lowest BCUT2D eigenvalue weighted by atomic mass is 9.87. The second-order valence-corrected chi connectivity index (χ2v) is 23.6. The number of rotatable bonds is 22. The van der Waals surface area contributed by atoms with Crippen molar-refractivity contribution in [3.05, 3.63) is 288 Å². The summed E-state index contributed by atoms with van der Waals surface area (Å²) in [5.41, 5.74) is 31.1. The molecule has 2 nitrogen and oxygen atoms in total. The van der Waals surface area contributed by atoms with E-state index in [1.807, 2.05) is 0 Å². The first kappa shape index (κ1) is 57.8. The molecular formula is C83H82N2. The van der Waals surface area contributed by atoms with Gasteiger partial charge in [-0.15, -0.1) is 0 Å². The minimum atomic E-state index is 1.02. The van der Waals surface area contributed by atoms with Gasteiger partial charge in [0, 0.05) is 34.1 Å². The fourth-order valence-electron chi connectivity index (χ4n) is 12.5. The lowest BCUT2D eigenvalue weighted by Gasteiger charge is -2.28. The minimum absolute atomic E-state index is 1.02. The lowest BCUT2D eigenvalue weighted by molar-refractivity contribution is 0.665. The van der Waals surface area contributed by atoms with Crippen LogP contribution in [0.25, 0.3) is 66.8 Å². The van der Waals surface area contributed by atoms with Crippen molar-refractivity contribution in [3.8, 4) is 66.8 Å². The van der Waals surface area contributed by atoms with Gasteiger partial charge in [0.15, 0.2) is 0 Å². The van der Waals surface area contributed by atoms with E-state index < -0.39 is 0 Å². The van der Waals surface area contributed by atoms with Crippen LogP contribution in [0.4, 0.5) is 34.1 Å². The van der Waals surface area contributed by atoms with Crippen LogP contribution in [-0.4, -0.2) is 0 Å². The zero-order valence-electron chi connectivity index (χ0n) is 51.1. The Balaban J connectivity index is 0.979. The topological polar surface area (TPSA) is 6.48 Å². The third-order valence-corrected chi connectivity index (χ3v) is 17.2. The van der Waals surface area contributed by atoms with E-state index in [-0.39, 0.29) is 0 Å². The predicted molar refractivity (Wildman–Crippen MR) is 368 cm³/mol. The number of aryl methyl sites for hydroxylation is 7. The Morgan fingerprint density at radius 1 is 0.235 bits per heavy atom. The molecule has 0 heterocycles. The maximum atomic E-state index is 2.53. The van der Waals surface area contributed by atoms with Crippen molar-refractivity contribution < 1.29 is 0 Å². The molecule has 11 rings (SSSR count). The number of nitrogens with zero attached hydrogens (tertiary/aromatic N) is 2. The van der Waals surface area contributed by atoms with Gasteiger partial charge in [-0.3, -0.25) is 0 Å². The summed E-state index contributed by atoms with van der Waals surface area (Å²) in [6, 6.07) is 93.2. The first-order valence-corrected chi connectivity index (χ1v) is 31.3. The van der Waals surface area contributed by atoms with Crippen molar-refractivity contribution in [1.29, 1.82) is 0 Å². The molecule has 0 atom stereocenters. The Bertz CT molecular complexity index is 3990. The summed E-state index contributed by atoms with van der Waals surface area (Å²) in [7, 11) is 0. The number of hydrogen-bond acceptors (Lipinski definition) is 2. The molecule has 0 spiro atoms. The zero-order valence-corrected chi connectivity index (χ0v) is 51.1. The van der Waals surface area contributed by atoms with Crippen molar-refractivity contribution >= 4 is 34.1 Å². The predicted octanol–water partition coefficient (Wildman–Crippen LogP) is 24.4. The van der Waals surface area contributed by atoms with Crippen LogP contribution >= 0.6 is 0 Å². The molecule has 0 bridgehead atoms. The van der Waals surface area contributed by atoms with Crippen molar-refractivity contribution in [2.45, 2.75) is 113 Å². The molecule has 0 unspecified atom stereocenters. The van der Waals surface area contributed by atoms with Crippen LogP contribution < -0.4 is 9.80 Å². The average Bonchev–Trinajstić information content (AvgIpc) is 3.41. The highest BCUT2D eigenvalue weighted by Gasteiger charge is 2.21. The van der Waals surface area contributed by atoms with Crippen LogP contribution in [-0.2, 0) is 12.8 Å². The van der Waals surface area contributed by atoms with E-state index in [0.717, 1.165) is 54.1 Å². The smallest absolute Gasteiger partial charge is 0.0464 e. The Hall–Kier alpha value is -8.98. The monoisotopic (exact) mass is 1110 g/mol. The average molecular weight is 1110 g/mol. The molecule has 0 aliphatic carbocycles. The first-order chi connectivity index (χ1) is 41.6. The van der Waals surface area contributed by atoms with Gasteiger partial charge in [-0.25, -0.2) is 0 Å². The number of unbranched alkanes of at least 4 members (excludes halogenated alkanes) is 6. The minimum Gasteiger partial charge on any atom is -0.310 e. The molecule has 11 aromatic carbocycles. The number of benzene rings is 11. The summed E-state index contributed by atoms with van der Waals surface area (Å²) in [6.45, 7) is 15.7. The summed E-state index contributed by atoms with van der Waals surface area (Å²) in [5, 5.41) is 0. The van der Waals surface area contributed by atoms with Crippen LogP contribution in [0.3, 0.4) is 0 Å². The van der Waals surface area contributed by atoms with E-state index in [0.29, 0.717) is 0 Å². The van der Waals surface area contributed by atoms with Crippen molar-refractivity contribution in [2.75, 3.05) is 9.80 Å². The highest BCUT2D eigenvalue weighted by atomic mass is 15.1. The molecule has 11 aromatic rings. The fourth-order valence-corrected chi connectivity index (χ4v) is 12.5. The summed E-state index contributed by atoms with van der Waals surface area (Å²) in [6.07, 6.45) is 11.7. The van der Waals surface area contributed by atoms with Crippen LogP contribution in [0.15, 0.2) is 249 Å². The summed E-state index contributed by atoms with van der Waals surface area (Å²) in [5.74, 6) is 0. The van der Waals surface area contributed by atoms with Gasteiger partial charge in [0.2, 0.25) is 0 Å². The molecule has 0 aliphatic heterocycles. The van der Waals surface area contributed by atoms with E-state index in [2.05, 4.69) is 307 Å². The molecule has 0 N–H and O–H groups in total. The molecular weight excluding hydrogens is 1020 g/mol. The number of hydrogen-bond donors (Lipinski definition) is 0. The molecule has 0 saturated carbocycles. The van der Waals surface area contributed by atoms with Crippen LogP contribution in [0.5, 0.6) is 0 Å². The third kappa shape index (κ3) is 13.5. The van der Waals surface area contributed by atoms with E-state index >= 15 is 0 Å². The molecule has 0 aliphatic rings. The van der Waals surface area contributed by atoms with Gasteiger partial charge in [0.25, 0.3) is 0 Å². The van der Waals surface area contributed by atoms with Gasteiger partial charge in [-0.1, -0.05) is 239 Å². The third-order valence-electron chi connectivity index (χ3n) is 17.2. The lowest BCUT2D eigenvalue weighted by Crippen LogP contribution is -2.11. The quantitative estimate of drug-likeness (QED) is 0.0624. The molecule has 424 valence electrons. The summed E-state index contributed by atoms with van der Waals surface area (Å²) >= 11 is 0. The highest BCUT2D eigenvalue weighted by Crippen LogP contribution is 2.44. The molecule has 0 radical (unpaired) electrons. The molecule has 0 aromatic heterocycles. The van der Waals surface area contributed by atoms with Crippen LogP contribution in [0.2, 0.25) is 0 Å². The van der Waals surface area contributed by atoms with E-state index in [9.17, 15) is 0 Å². The first-order valence-electron chi connectivity index (χ1n) is 31.3. The Kier molecular flexibility index (Phi) is 18.5. The van der Waals surface area contributed by atoms with Crippen LogP contribution in [0, 0.1) is 34.6 Å². The molecule has 0 saturated heterocycles. The summed E-state index contributed by atoms with van der Waals surface area (Å²) < 4.78 is 0. The molecule has 0 fully saturated rings.